The minimum atomic E-state index is -0.150. The fraction of sp³-hybridized carbons (Fsp3) is 0.429. The zero-order valence-corrected chi connectivity index (χ0v) is 9.96. The van der Waals surface area contributed by atoms with Crippen molar-refractivity contribution in [3.63, 3.8) is 0 Å². The van der Waals surface area contributed by atoms with Crippen molar-refractivity contribution in [1.82, 2.24) is 0 Å². The van der Waals surface area contributed by atoms with E-state index in [-0.39, 0.29) is 5.82 Å². The first kappa shape index (κ1) is 11.7. The molecule has 0 heterocycles. The van der Waals surface area contributed by atoms with Gasteiger partial charge in [0.2, 0.25) is 0 Å². The van der Waals surface area contributed by atoms with Gasteiger partial charge in [0.25, 0.3) is 0 Å². The van der Waals surface area contributed by atoms with Gasteiger partial charge < -0.3 is 0 Å². The molecule has 0 amide bonds. The molecule has 2 heteroatoms. The highest BCUT2D eigenvalue weighted by Crippen LogP contribution is 2.36. The van der Waals surface area contributed by atoms with Crippen LogP contribution in [0.1, 0.15) is 37.2 Å². The summed E-state index contributed by atoms with van der Waals surface area (Å²) in [5, 5.41) is 0. The molecule has 1 aromatic rings. The van der Waals surface area contributed by atoms with Crippen LogP contribution < -0.4 is 0 Å². The van der Waals surface area contributed by atoms with Gasteiger partial charge >= 0.3 is 0 Å². The Morgan fingerprint density at radius 2 is 1.69 bits per heavy atom. The summed E-state index contributed by atoms with van der Waals surface area (Å²) in [4.78, 5) is 0. The summed E-state index contributed by atoms with van der Waals surface area (Å²) in [5.41, 5.74) is 2.90. The van der Waals surface area contributed by atoms with Crippen molar-refractivity contribution in [2.75, 3.05) is 0 Å². The second-order valence-electron chi connectivity index (χ2n) is 4.48. The molecular weight excluding hydrogens is 223 g/mol. The number of halogens is 2. The van der Waals surface area contributed by atoms with E-state index in [1.165, 1.54) is 31.2 Å². The van der Waals surface area contributed by atoms with Crippen molar-refractivity contribution in [3.8, 4) is 0 Å². The number of hydrogen-bond acceptors (Lipinski definition) is 0. The molecule has 1 aliphatic rings. The minimum absolute atomic E-state index is 0.150. The summed E-state index contributed by atoms with van der Waals surface area (Å²) in [6.45, 7) is 0. The molecule has 0 aromatic heterocycles. The molecule has 1 aromatic carbocycles. The van der Waals surface area contributed by atoms with E-state index in [9.17, 15) is 4.39 Å². The zero-order valence-electron chi connectivity index (χ0n) is 9.20. The summed E-state index contributed by atoms with van der Waals surface area (Å²) < 4.78 is 12.8. The summed E-state index contributed by atoms with van der Waals surface area (Å²) in [5.74, 6) is 1.08. The van der Waals surface area contributed by atoms with Gasteiger partial charge in [0, 0.05) is 5.54 Å². The smallest absolute Gasteiger partial charge is 0.123 e. The van der Waals surface area contributed by atoms with Crippen LogP contribution >= 0.6 is 11.6 Å². The van der Waals surface area contributed by atoms with Gasteiger partial charge in [-0.3, -0.25) is 0 Å². The Bertz CT molecular complexity index is 348. The topological polar surface area (TPSA) is 0 Å². The van der Waals surface area contributed by atoms with Crippen LogP contribution in [-0.4, -0.2) is 0 Å². The van der Waals surface area contributed by atoms with Crippen LogP contribution in [0, 0.1) is 11.7 Å². The lowest BCUT2D eigenvalue weighted by Crippen LogP contribution is -2.11. The van der Waals surface area contributed by atoms with E-state index in [0.29, 0.717) is 11.8 Å². The summed E-state index contributed by atoms with van der Waals surface area (Å²) >= 11 is 5.58. The van der Waals surface area contributed by atoms with Crippen molar-refractivity contribution < 1.29 is 4.39 Å². The Hall–Kier alpha value is -0.820. The molecule has 0 nitrogen and oxygen atoms in total. The minimum Gasteiger partial charge on any atom is -0.207 e. The Kier molecular flexibility index (Phi) is 4.00. The van der Waals surface area contributed by atoms with E-state index in [0.717, 1.165) is 0 Å². The first-order valence-corrected chi connectivity index (χ1v) is 6.25. The Morgan fingerprint density at radius 1 is 1.06 bits per heavy atom. The maximum Gasteiger partial charge on any atom is 0.123 e. The molecule has 0 N–H and O–H groups in total. The molecule has 0 bridgehead atoms. The molecule has 86 valence electrons. The van der Waals surface area contributed by atoms with E-state index < -0.39 is 0 Å². The number of benzene rings is 1. The highest BCUT2D eigenvalue weighted by atomic mass is 35.5. The molecule has 1 fully saturated rings. The van der Waals surface area contributed by atoms with Crippen LogP contribution in [0.15, 0.2) is 35.9 Å². The van der Waals surface area contributed by atoms with Gasteiger partial charge in [0.15, 0.2) is 0 Å². The van der Waals surface area contributed by atoms with Gasteiger partial charge in [-0.15, -0.1) is 0 Å². The third-order valence-electron chi connectivity index (χ3n) is 3.46. The average molecular weight is 239 g/mol. The monoisotopic (exact) mass is 238 g/mol. The SMILES string of the molecule is Fc1ccc(C2CCC(C=CCl)CC2)cc1. The van der Waals surface area contributed by atoms with Gasteiger partial charge in [-0.1, -0.05) is 29.8 Å². The second-order valence-corrected chi connectivity index (χ2v) is 4.73. The van der Waals surface area contributed by atoms with Crippen molar-refractivity contribution >= 4 is 11.6 Å². The first-order chi connectivity index (χ1) is 7.79. The predicted octanol–water partition coefficient (Wildman–Crippen LogP) is 4.85. The van der Waals surface area contributed by atoms with Crippen molar-refractivity contribution in [2.24, 2.45) is 5.92 Å². The third-order valence-corrected chi connectivity index (χ3v) is 3.60. The van der Waals surface area contributed by atoms with Crippen molar-refractivity contribution in [2.45, 2.75) is 31.6 Å². The molecule has 1 saturated carbocycles. The van der Waals surface area contributed by atoms with Crippen LogP contribution in [0.25, 0.3) is 0 Å². The van der Waals surface area contributed by atoms with Gasteiger partial charge in [0.05, 0.1) is 0 Å². The Morgan fingerprint density at radius 3 is 2.25 bits per heavy atom. The van der Waals surface area contributed by atoms with Crippen molar-refractivity contribution in [1.29, 1.82) is 0 Å². The predicted molar refractivity (Wildman–Crippen MR) is 66.1 cm³/mol. The normalized spacial score (nSPS) is 26.1. The van der Waals surface area contributed by atoms with Gasteiger partial charge in [-0.2, -0.15) is 0 Å². The van der Waals surface area contributed by atoms with Crippen molar-refractivity contribution in [3.05, 3.63) is 47.3 Å². The van der Waals surface area contributed by atoms with E-state index >= 15 is 0 Å². The molecule has 0 aliphatic heterocycles. The average Bonchev–Trinajstić information content (AvgIpc) is 2.32. The Labute approximate surface area is 101 Å². The zero-order chi connectivity index (χ0) is 11.4. The highest BCUT2D eigenvalue weighted by Gasteiger charge is 2.20. The largest absolute Gasteiger partial charge is 0.207 e. The highest BCUT2D eigenvalue weighted by molar-refractivity contribution is 6.25. The number of allylic oxidation sites excluding steroid dienone is 1. The van der Waals surface area contributed by atoms with E-state index in [2.05, 4.69) is 6.08 Å². The number of rotatable bonds is 2. The lowest BCUT2D eigenvalue weighted by atomic mass is 9.79. The second kappa shape index (κ2) is 5.49. The van der Waals surface area contributed by atoms with Crippen LogP contribution in [-0.2, 0) is 0 Å². The summed E-state index contributed by atoms with van der Waals surface area (Å²) in [6, 6.07) is 6.94. The molecule has 16 heavy (non-hydrogen) atoms. The van der Waals surface area contributed by atoms with Gasteiger partial charge in [0.1, 0.15) is 5.82 Å². The fourth-order valence-corrected chi connectivity index (χ4v) is 2.69. The molecule has 2 rings (SSSR count). The first-order valence-electron chi connectivity index (χ1n) is 5.82. The molecule has 0 radical (unpaired) electrons. The third kappa shape index (κ3) is 2.85. The maximum absolute atomic E-state index is 12.8. The van der Waals surface area contributed by atoms with Gasteiger partial charge in [-0.25, -0.2) is 4.39 Å². The molecule has 0 atom stereocenters. The summed E-state index contributed by atoms with van der Waals surface area (Å²) in [7, 11) is 0. The number of hydrogen-bond donors (Lipinski definition) is 0. The maximum atomic E-state index is 12.8. The van der Waals surface area contributed by atoms with Gasteiger partial charge in [-0.05, 0) is 55.2 Å². The molecule has 1 aliphatic carbocycles. The molecule has 0 saturated heterocycles. The molecular formula is C14H16ClF. The lowest BCUT2D eigenvalue weighted by molar-refractivity contribution is 0.376. The Balaban J connectivity index is 1.96. The molecule has 0 unspecified atom stereocenters. The van der Waals surface area contributed by atoms with E-state index in [4.69, 9.17) is 11.6 Å². The fourth-order valence-electron chi connectivity index (χ4n) is 2.48. The van der Waals surface area contributed by atoms with E-state index in [1.807, 2.05) is 12.1 Å². The quantitative estimate of drug-likeness (QED) is 0.691. The summed E-state index contributed by atoms with van der Waals surface area (Å²) in [6.07, 6.45) is 6.81. The van der Waals surface area contributed by atoms with Crippen LogP contribution in [0.4, 0.5) is 4.39 Å². The van der Waals surface area contributed by atoms with Crippen LogP contribution in [0.5, 0.6) is 0 Å². The lowest BCUT2D eigenvalue weighted by Gasteiger charge is -2.26. The standard InChI is InChI=1S/C14H16ClF/c15-10-9-11-1-3-12(4-2-11)13-5-7-14(16)8-6-13/h5-12H,1-4H2. The van der Waals surface area contributed by atoms with Crippen LogP contribution in [0.3, 0.4) is 0 Å². The van der Waals surface area contributed by atoms with E-state index in [1.54, 1.807) is 17.7 Å². The molecule has 0 spiro atoms. The van der Waals surface area contributed by atoms with Crippen LogP contribution in [0.2, 0.25) is 0 Å².